The first-order chi connectivity index (χ1) is 11.5. The Bertz CT molecular complexity index is 731. The summed E-state index contributed by atoms with van der Waals surface area (Å²) in [5, 5.41) is 10.0. The van der Waals surface area contributed by atoms with Crippen LogP contribution in [0, 0.1) is 69.5 Å². The highest BCUT2D eigenvalue weighted by Gasteiger charge is 2.76. The van der Waals surface area contributed by atoms with Gasteiger partial charge in [-0.05, 0) is 97.9 Å². The molecule has 2 heteroatoms. The maximum atomic E-state index is 11.9. The second kappa shape index (κ2) is 4.00. The molecule has 5 saturated carbocycles. The summed E-state index contributed by atoms with van der Waals surface area (Å²) in [5.74, 6) is 6.63. The van der Waals surface area contributed by atoms with Crippen molar-refractivity contribution < 1.29 is 4.79 Å². The van der Waals surface area contributed by atoms with E-state index in [0.29, 0.717) is 17.6 Å². The molecule has 24 heavy (non-hydrogen) atoms. The van der Waals surface area contributed by atoms with Crippen molar-refractivity contribution in [1.82, 2.24) is 0 Å². The lowest BCUT2D eigenvalue weighted by molar-refractivity contribution is -0.116. The molecule has 0 amide bonds. The maximum absolute atomic E-state index is 11.9. The summed E-state index contributed by atoms with van der Waals surface area (Å²) in [7, 11) is 0. The van der Waals surface area contributed by atoms with Gasteiger partial charge in [0, 0.05) is 6.42 Å². The van der Waals surface area contributed by atoms with Crippen molar-refractivity contribution in [3.05, 3.63) is 11.6 Å². The van der Waals surface area contributed by atoms with E-state index in [9.17, 15) is 10.1 Å². The third-order valence-corrected chi connectivity index (χ3v) is 9.84. The second-order valence-electron chi connectivity index (χ2n) is 10.3. The van der Waals surface area contributed by atoms with Crippen LogP contribution in [0.25, 0.3) is 0 Å². The monoisotopic (exact) mass is 321 g/mol. The number of fused-ring (bicyclic) bond motifs is 10. The van der Waals surface area contributed by atoms with Crippen LogP contribution in [-0.4, -0.2) is 5.78 Å². The van der Waals surface area contributed by atoms with Crippen molar-refractivity contribution in [3.8, 4) is 6.07 Å². The van der Waals surface area contributed by atoms with Crippen LogP contribution < -0.4 is 0 Å². The molecule has 0 saturated heterocycles. The lowest BCUT2D eigenvalue weighted by Gasteiger charge is -2.56. The van der Waals surface area contributed by atoms with Crippen molar-refractivity contribution in [1.29, 1.82) is 5.26 Å². The largest absolute Gasteiger partial charge is 0.295 e. The molecule has 5 fully saturated rings. The highest BCUT2D eigenvalue weighted by Crippen LogP contribution is 2.81. The number of rotatable bonds is 0. The summed E-state index contributed by atoms with van der Waals surface area (Å²) in [6.45, 7) is 4.76. The first-order valence-corrected chi connectivity index (χ1v) is 10.1. The lowest BCUT2D eigenvalue weighted by Crippen LogP contribution is -2.51. The van der Waals surface area contributed by atoms with Crippen molar-refractivity contribution in [3.63, 3.8) is 0 Å². The molecule has 0 bridgehead atoms. The Hall–Kier alpha value is -1.10. The van der Waals surface area contributed by atoms with Gasteiger partial charge in [0.1, 0.15) is 0 Å². The SMILES string of the molecule is C[C@]1(C#N)[C@H]2C[C@H]2[C@H]2[C@@H]3[C@@H]4C[C@@H]4C4=CC(=O)CC[C@@H]4[C@H]3CC[C@@]21C. The molecule has 6 rings (SSSR count). The molecule has 10 atom stereocenters. The number of carbonyl (C=O) groups excluding carboxylic acids is 1. The molecule has 0 aromatic rings. The molecule has 0 N–H and O–H groups in total. The normalized spacial score (nSPS) is 62.2. The number of ketones is 1. The standard InChI is InChI=1S/C22H27NO/c1-21-6-5-13-12-4-3-11(24)7-14(12)15-8-16(15)19(13)20(21)17-9-18(17)22(21,2)10-23/h7,12-13,15-20H,3-6,8-9H2,1-2H3/t12-,13-,15-,16-,17-,18+,19+,20+,21+,22+/m1/s1. The van der Waals surface area contributed by atoms with Gasteiger partial charge in [0.2, 0.25) is 0 Å². The van der Waals surface area contributed by atoms with Crippen molar-refractivity contribution in [2.24, 2.45) is 58.2 Å². The summed E-state index contributed by atoms with van der Waals surface area (Å²) in [6, 6.07) is 2.80. The minimum Gasteiger partial charge on any atom is -0.295 e. The summed E-state index contributed by atoms with van der Waals surface area (Å²) in [4.78, 5) is 11.9. The zero-order chi connectivity index (χ0) is 16.4. The number of hydrogen-bond donors (Lipinski definition) is 0. The van der Waals surface area contributed by atoms with Crippen LogP contribution in [0.1, 0.15) is 52.4 Å². The molecule has 0 aliphatic heterocycles. The Balaban J connectivity index is 1.44. The molecule has 0 unspecified atom stereocenters. The Kier molecular flexibility index (Phi) is 2.35. The van der Waals surface area contributed by atoms with Crippen molar-refractivity contribution >= 4 is 5.78 Å². The van der Waals surface area contributed by atoms with Gasteiger partial charge in [0.25, 0.3) is 0 Å². The molecule has 0 radical (unpaired) electrons. The van der Waals surface area contributed by atoms with E-state index in [2.05, 4.69) is 26.0 Å². The molecule has 0 aromatic carbocycles. The zero-order valence-corrected chi connectivity index (χ0v) is 14.8. The first kappa shape index (κ1) is 14.1. The van der Waals surface area contributed by atoms with Gasteiger partial charge in [-0.1, -0.05) is 12.5 Å². The Labute approximate surface area is 144 Å². The van der Waals surface area contributed by atoms with E-state index in [1.54, 1.807) is 5.57 Å². The quantitative estimate of drug-likeness (QED) is 0.665. The molecule has 126 valence electrons. The smallest absolute Gasteiger partial charge is 0.155 e. The molecule has 0 spiro atoms. The number of allylic oxidation sites excluding steroid dienone is 1. The van der Waals surface area contributed by atoms with E-state index in [1.807, 2.05) is 0 Å². The van der Waals surface area contributed by atoms with Crippen molar-refractivity contribution in [2.75, 3.05) is 0 Å². The van der Waals surface area contributed by atoms with Crippen LogP contribution in [0.4, 0.5) is 0 Å². The van der Waals surface area contributed by atoms with Gasteiger partial charge in [-0.3, -0.25) is 4.79 Å². The van der Waals surface area contributed by atoms with Gasteiger partial charge in [0.15, 0.2) is 5.78 Å². The fraction of sp³-hybridized carbons (Fsp3) is 0.818. The Morgan fingerprint density at radius 2 is 1.96 bits per heavy atom. The number of nitrogens with zero attached hydrogens (tertiary/aromatic N) is 1. The summed E-state index contributed by atoms with van der Waals surface area (Å²) < 4.78 is 0. The molecule has 6 aliphatic carbocycles. The fourth-order valence-electron chi connectivity index (χ4n) is 8.54. The zero-order valence-electron chi connectivity index (χ0n) is 14.8. The van der Waals surface area contributed by atoms with Gasteiger partial charge < -0.3 is 0 Å². The van der Waals surface area contributed by atoms with Crippen LogP contribution in [0.2, 0.25) is 0 Å². The first-order valence-electron chi connectivity index (χ1n) is 10.1. The van der Waals surface area contributed by atoms with Gasteiger partial charge in [-0.25, -0.2) is 0 Å². The highest BCUT2D eigenvalue weighted by molar-refractivity contribution is 5.91. The maximum Gasteiger partial charge on any atom is 0.155 e. The van der Waals surface area contributed by atoms with E-state index in [4.69, 9.17) is 0 Å². The molecule has 0 heterocycles. The molecule has 6 aliphatic rings. The van der Waals surface area contributed by atoms with Gasteiger partial charge in [0.05, 0.1) is 11.5 Å². The van der Waals surface area contributed by atoms with Crippen LogP contribution in [0.15, 0.2) is 11.6 Å². The minimum absolute atomic E-state index is 0.0870. The fourth-order valence-corrected chi connectivity index (χ4v) is 8.54. The van der Waals surface area contributed by atoms with Crippen LogP contribution in [0.5, 0.6) is 0 Å². The van der Waals surface area contributed by atoms with E-state index in [0.717, 1.165) is 48.3 Å². The third kappa shape index (κ3) is 1.36. The summed E-state index contributed by atoms with van der Waals surface area (Å²) >= 11 is 0. The predicted molar refractivity (Wildman–Crippen MR) is 90.5 cm³/mol. The molecule has 2 nitrogen and oxygen atoms in total. The van der Waals surface area contributed by atoms with E-state index in [-0.39, 0.29) is 10.8 Å². The van der Waals surface area contributed by atoms with Crippen LogP contribution in [-0.2, 0) is 4.79 Å². The Morgan fingerprint density at radius 3 is 2.75 bits per heavy atom. The highest BCUT2D eigenvalue weighted by atomic mass is 16.1. The van der Waals surface area contributed by atoms with E-state index in [1.165, 1.54) is 25.7 Å². The summed E-state index contributed by atoms with van der Waals surface area (Å²) in [6.07, 6.45) is 9.14. The number of carbonyl (C=O) groups is 1. The lowest BCUT2D eigenvalue weighted by atomic mass is 9.47. The van der Waals surface area contributed by atoms with Crippen LogP contribution in [0.3, 0.4) is 0 Å². The van der Waals surface area contributed by atoms with Gasteiger partial charge in [-0.2, -0.15) is 5.26 Å². The topological polar surface area (TPSA) is 40.9 Å². The Morgan fingerprint density at radius 1 is 1.12 bits per heavy atom. The third-order valence-electron chi connectivity index (χ3n) is 9.84. The van der Waals surface area contributed by atoms with E-state index >= 15 is 0 Å². The summed E-state index contributed by atoms with van der Waals surface area (Å²) in [5.41, 5.74) is 1.71. The predicted octanol–water partition coefficient (Wildman–Crippen LogP) is 4.37. The minimum atomic E-state index is -0.0870. The van der Waals surface area contributed by atoms with Gasteiger partial charge >= 0.3 is 0 Å². The average molecular weight is 321 g/mol. The average Bonchev–Trinajstić information content (AvgIpc) is 3.46. The molecular formula is C22H27NO. The van der Waals surface area contributed by atoms with Crippen molar-refractivity contribution in [2.45, 2.75) is 52.4 Å². The van der Waals surface area contributed by atoms with Crippen LogP contribution >= 0.6 is 0 Å². The number of nitriles is 1. The second-order valence-corrected chi connectivity index (χ2v) is 10.3. The molecule has 0 aromatic heterocycles. The molecular weight excluding hydrogens is 294 g/mol. The van der Waals surface area contributed by atoms with Gasteiger partial charge in [-0.15, -0.1) is 0 Å². The number of hydrogen-bond acceptors (Lipinski definition) is 2. The van der Waals surface area contributed by atoms with E-state index < -0.39 is 0 Å².